The van der Waals surface area contributed by atoms with Gasteiger partial charge in [0.05, 0.1) is 4.92 Å². The van der Waals surface area contributed by atoms with Crippen molar-refractivity contribution in [3.63, 3.8) is 0 Å². The molecule has 7 heteroatoms. The van der Waals surface area contributed by atoms with Gasteiger partial charge in [0.1, 0.15) is 0 Å². The monoisotopic (exact) mass is 360 g/mol. The molecule has 1 amide bonds. The van der Waals surface area contributed by atoms with Crippen LogP contribution in [0.15, 0.2) is 30.3 Å². The number of esters is 1. The number of likely N-dealkylation sites (N-methyl/N-ethyl adjacent to an activating group) is 1. The largest absolute Gasteiger partial charge is 0.449 e. The molecule has 0 aliphatic heterocycles. The van der Waals surface area contributed by atoms with E-state index in [-0.39, 0.29) is 17.6 Å². The highest BCUT2D eigenvalue weighted by Crippen LogP contribution is 2.22. The van der Waals surface area contributed by atoms with Crippen LogP contribution in [0, 0.1) is 10.1 Å². The predicted molar refractivity (Wildman–Crippen MR) is 97.3 cm³/mol. The van der Waals surface area contributed by atoms with Crippen LogP contribution in [0.4, 0.5) is 5.69 Å². The van der Waals surface area contributed by atoms with Crippen molar-refractivity contribution in [1.29, 1.82) is 0 Å². The highest BCUT2D eigenvalue weighted by atomic mass is 16.6. The number of benzene rings is 1. The van der Waals surface area contributed by atoms with E-state index >= 15 is 0 Å². The molecule has 2 rings (SSSR count). The first-order valence-corrected chi connectivity index (χ1v) is 8.78. The molecule has 1 atom stereocenters. The van der Waals surface area contributed by atoms with Gasteiger partial charge in [0.2, 0.25) is 0 Å². The summed E-state index contributed by atoms with van der Waals surface area (Å²) in [4.78, 5) is 36.3. The standard InChI is InChI=1S/C19H24N2O5/c1-14(19(23)20(2)16-8-4-3-5-9-16)26-18(22)12-11-15-7-6-10-17(13-15)21(24)25/h6-7,10-14,16H,3-5,8-9H2,1-2H3/b12-11+/t14-/m0/s1. The van der Waals surface area contributed by atoms with Crippen molar-refractivity contribution in [2.75, 3.05) is 7.05 Å². The van der Waals surface area contributed by atoms with Crippen molar-refractivity contribution in [3.8, 4) is 0 Å². The van der Waals surface area contributed by atoms with E-state index in [9.17, 15) is 19.7 Å². The maximum atomic E-state index is 12.4. The average Bonchev–Trinajstić information content (AvgIpc) is 2.66. The molecule has 1 aliphatic carbocycles. The minimum atomic E-state index is -0.871. The highest BCUT2D eigenvalue weighted by molar-refractivity contribution is 5.90. The summed E-state index contributed by atoms with van der Waals surface area (Å²) in [5.41, 5.74) is 0.452. The molecule has 26 heavy (non-hydrogen) atoms. The number of nitrogens with zero attached hydrogens (tertiary/aromatic N) is 2. The lowest BCUT2D eigenvalue weighted by Gasteiger charge is -2.32. The molecular weight excluding hydrogens is 336 g/mol. The van der Waals surface area contributed by atoms with Crippen LogP contribution < -0.4 is 0 Å². The van der Waals surface area contributed by atoms with Crippen molar-refractivity contribution in [3.05, 3.63) is 46.0 Å². The Balaban J connectivity index is 1.90. The van der Waals surface area contributed by atoms with Gasteiger partial charge in [-0.2, -0.15) is 0 Å². The lowest BCUT2D eigenvalue weighted by Crippen LogP contribution is -2.44. The number of carbonyl (C=O) groups excluding carboxylic acids is 2. The molecule has 1 fully saturated rings. The number of ether oxygens (including phenoxy) is 1. The van der Waals surface area contributed by atoms with E-state index < -0.39 is 17.0 Å². The highest BCUT2D eigenvalue weighted by Gasteiger charge is 2.27. The number of amides is 1. The van der Waals surface area contributed by atoms with Gasteiger partial charge in [-0.3, -0.25) is 14.9 Å². The molecule has 0 N–H and O–H groups in total. The molecule has 7 nitrogen and oxygen atoms in total. The smallest absolute Gasteiger partial charge is 0.331 e. The lowest BCUT2D eigenvalue weighted by molar-refractivity contribution is -0.384. The number of carbonyl (C=O) groups is 2. The molecule has 1 aromatic rings. The number of nitro benzene ring substituents is 1. The van der Waals surface area contributed by atoms with Gasteiger partial charge in [-0.15, -0.1) is 0 Å². The van der Waals surface area contributed by atoms with Crippen LogP contribution in [0.25, 0.3) is 6.08 Å². The lowest BCUT2D eigenvalue weighted by atomic mass is 9.94. The molecule has 0 radical (unpaired) electrons. The first kappa shape index (κ1) is 19.6. The van der Waals surface area contributed by atoms with E-state index in [4.69, 9.17) is 4.74 Å². The molecule has 0 aromatic heterocycles. The maximum absolute atomic E-state index is 12.4. The quantitative estimate of drug-likeness (QED) is 0.336. The minimum Gasteiger partial charge on any atom is -0.449 e. The Bertz CT molecular complexity index is 695. The van der Waals surface area contributed by atoms with E-state index in [1.807, 2.05) is 0 Å². The molecule has 0 saturated heterocycles. The number of nitro groups is 1. The van der Waals surface area contributed by atoms with E-state index in [1.165, 1.54) is 36.8 Å². The summed E-state index contributed by atoms with van der Waals surface area (Å²) in [6.45, 7) is 1.56. The average molecular weight is 360 g/mol. The number of hydrogen-bond acceptors (Lipinski definition) is 5. The molecule has 1 saturated carbocycles. The van der Waals surface area contributed by atoms with Gasteiger partial charge < -0.3 is 9.64 Å². The molecule has 0 spiro atoms. The zero-order valence-electron chi connectivity index (χ0n) is 15.1. The van der Waals surface area contributed by atoms with Crippen molar-refractivity contribution in [2.45, 2.75) is 51.2 Å². The van der Waals surface area contributed by atoms with E-state index in [0.29, 0.717) is 5.56 Å². The fourth-order valence-electron chi connectivity index (χ4n) is 3.11. The van der Waals surface area contributed by atoms with E-state index in [0.717, 1.165) is 25.7 Å². The fourth-order valence-corrected chi connectivity index (χ4v) is 3.11. The summed E-state index contributed by atoms with van der Waals surface area (Å²) >= 11 is 0. The van der Waals surface area contributed by atoms with E-state index in [2.05, 4.69) is 0 Å². The Morgan fingerprint density at radius 2 is 2.00 bits per heavy atom. The van der Waals surface area contributed by atoms with Gasteiger partial charge in [-0.05, 0) is 31.4 Å². The number of hydrogen-bond donors (Lipinski definition) is 0. The van der Waals surface area contributed by atoms with Crippen LogP contribution in [0.3, 0.4) is 0 Å². The molecule has 0 bridgehead atoms. The molecule has 1 aromatic carbocycles. The summed E-state index contributed by atoms with van der Waals surface area (Å²) in [6, 6.07) is 6.11. The Morgan fingerprint density at radius 3 is 2.65 bits per heavy atom. The Kier molecular flexibility index (Phi) is 6.89. The van der Waals surface area contributed by atoms with Crippen LogP contribution in [-0.4, -0.2) is 40.9 Å². The van der Waals surface area contributed by atoms with Crippen molar-refractivity contribution in [2.24, 2.45) is 0 Å². The van der Waals surface area contributed by atoms with E-state index in [1.54, 1.807) is 24.9 Å². The van der Waals surface area contributed by atoms with Gasteiger partial charge >= 0.3 is 5.97 Å². The normalized spacial score (nSPS) is 16.2. The minimum absolute atomic E-state index is 0.0573. The van der Waals surface area contributed by atoms with Crippen molar-refractivity contribution < 1.29 is 19.2 Å². The third-order valence-electron chi connectivity index (χ3n) is 4.60. The third kappa shape index (κ3) is 5.40. The van der Waals surface area contributed by atoms with Crippen LogP contribution >= 0.6 is 0 Å². The Morgan fingerprint density at radius 1 is 1.31 bits per heavy atom. The Hall–Kier alpha value is -2.70. The van der Waals surface area contributed by atoms with Crippen LogP contribution in [-0.2, 0) is 14.3 Å². The third-order valence-corrected chi connectivity index (χ3v) is 4.60. The Labute approximate surface area is 152 Å². The van der Waals surface area contributed by atoms with Gasteiger partial charge in [0.15, 0.2) is 6.10 Å². The van der Waals surface area contributed by atoms with Gasteiger partial charge in [0, 0.05) is 31.3 Å². The summed E-state index contributed by atoms with van der Waals surface area (Å²) in [5.74, 6) is -0.872. The summed E-state index contributed by atoms with van der Waals surface area (Å²) in [7, 11) is 1.75. The molecule has 0 unspecified atom stereocenters. The van der Waals surface area contributed by atoms with Gasteiger partial charge in [-0.1, -0.05) is 31.4 Å². The predicted octanol–water partition coefficient (Wildman–Crippen LogP) is 3.33. The molecule has 1 aliphatic rings. The summed E-state index contributed by atoms with van der Waals surface area (Å²) in [5, 5.41) is 10.8. The second kappa shape index (κ2) is 9.12. The fraction of sp³-hybridized carbons (Fsp3) is 0.474. The maximum Gasteiger partial charge on any atom is 0.331 e. The van der Waals surface area contributed by atoms with Gasteiger partial charge in [-0.25, -0.2) is 4.79 Å². The molecular formula is C19H24N2O5. The SMILES string of the molecule is C[C@H](OC(=O)/C=C/c1cccc([N+](=O)[O-])c1)C(=O)N(C)C1CCCCC1. The summed E-state index contributed by atoms with van der Waals surface area (Å²) in [6.07, 6.45) is 7.12. The van der Waals surface area contributed by atoms with Crippen molar-refractivity contribution in [1.82, 2.24) is 4.90 Å². The second-order valence-corrected chi connectivity index (χ2v) is 6.51. The first-order chi connectivity index (χ1) is 12.4. The number of non-ortho nitro benzene ring substituents is 1. The van der Waals surface area contributed by atoms with Crippen molar-refractivity contribution >= 4 is 23.6 Å². The second-order valence-electron chi connectivity index (χ2n) is 6.51. The summed E-state index contributed by atoms with van der Waals surface area (Å²) < 4.78 is 5.17. The van der Waals surface area contributed by atoms with Gasteiger partial charge in [0.25, 0.3) is 11.6 Å². The number of rotatable bonds is 6. The van der Waals surface area contributed by atoms with Crippen LogP contribution in [0.1, 0.15) is 44.6 Å². The zero-order valence-corrected chi connectivity index (χ0v) is 15.1. The zero-order chi connectivity index (χ0) is 19.1. The topological polar surface area (TPSA) is 89.7 Å². The van der Waals surface area contributed by atoms with Crippen LogP contribution in [0.5, 0.6) is 0 Å². The molecule has 140 valence electrons. The molecule has 0 heterocycles. The van der Waals surface area contributed by atoms with Crippen LogP contribution in [0.2, 0.25) is 0 Å². The first-order valence-electron chi connectivity index (χ1n) is 8.78.